The molecule has 1 heterocycles. The van der Waals surface area contributed by atoms with Crippen LogP contribution in [0.25, 0.3) is 0 Å². The number of aryl methyl sites for hydroxylation is 1. The molecule has 21 heavy (non-hydrogen) atoms. The first-order valence-electron chi connectivity index (χ1n) is 7.08. The Bertz CT molecular complexity index is 592. The Hall–Kier alpha value is -1.85. The quantitative estimate of drug-likeness (QED) is 0.884. The van der Waals surface area contributed by atoms with Gasteiger partial charge in [-0.2, -0.15) is 5.10 Å². The number of ether oxygens (including phenoxy) is 1. The van der Waals surface area contributed by atoms with Crippen LogP contribution in [0.5, 0.6) is 5.75 Å². The van der Waals surface area contributed by atoms with Crippen LogP contribution in [0.1, 0.15) is 29.7 Å². The van der Waals surface area contributed by atoms with E-state index in [1.807, 2.05) is 43.2 Å². The molecule has 2 aromatic rings. The molecule has 1 atom stereocenters. The summed E-state index contributed by atoms with van der Waals surface area (Å²) in [6.45, 7) is 3.64. The Morgan fingerprint density at radius 1 is 1.38 bits per heavy atom. The summed E-state index contributed by atoms with van der Waals surface area (Å²) >= 11 is 0. The molecular weight excluding hydrogens is 264 g/mol. The maximum Gasteiger partial charge on any atom is 0.123 e. The third kappa shape index (κ3) is 4.06. The molecule has 1 aromatic carbocycles. The number of hydrogen-bond donors (Lipinski definition) is 1. The Kier molecular flexibility index (Phi) is 4.98. The molecule has 5 heteroatoms. The van der Waals surface area contributed by atoms with Crippen molar-refractivity contribution in [1.82, 2.24) is 14.7 Å². The normalized spacial score (nSPS) is 12.7. The average molecular weight is 288 g/mol. The maximum atomic E-state index is 5.97. The summed E-state index contributed by atoms with van der Waals surface area (Å²) in [6, 6.07) is 6.17. The van der Waals surface area contributed by atoms with E-state index in [0.29, 0.717) is 0 Å². The minimum Gasteiger partial charge on any atom is -0.496 e. The maximum absolute atomic E-state index is 5.97. The first-order valence-corrected chi connectivity index (χ1v) is 7.08. The third-order valence-electron chi connectivity index (χ3n) is 3.48. The second-order valence-corrected chi connectivity index (χ2v) is 5.55. The summed E-state index contributed by atoms with van der Waals surface area (Å²) in [7, 11) is 5.72. The molecule has 0 fully saturated rings. The highest BCUT2D eigenvalue weighted by atomic mass is 16.5. The molecule has 0 radical (unpaired) electrons. The standard InChI is InChI=1S/C16H24N4O/c1-12(17)14-5-6-16(21-4)15(7-14)11-19(2)9-13-8-18-20(3)10-13/h5-8,10,12H,9,11,17H2,1-4H3. The molecule has 0 saturated carbocycles. The molecule has 5 nitrogen and oxygen atoms in total. The lowest BCUT2D eigenvalue weighted by Crippen LogP contribution is -2.18. The fourth-order valence-corrected chi connectivity index (χ4v) is 2.42. The monoisotopic (exact) mass is 288 g/mol. The van der Waals surface area contributed by atoms with E-state index in [1.54, 1.807) is 7.11 Å². The van der Waals surface area contributed by atoms with E-state index < -0.39 is 0 Å². The average Bonchev–Trinajstić information content (AvgIpc) is 2.83. The van der Waals surface area contributed by atoms with Gasteiger partial charge in [0.15, 0.2) is 0 Å². The number of methoxy groups -OCH3 is 1. The Morgan fingerprint density at radius 3 is 2.71 bits per heavy atom. The van der Waals surface area contributed by atoms with Gasteiger partial charge in [0.1, 0.15) is 5.75 Å². The van der Waals surface area contributed by atoms with E-state index >= 15 is 0 Å². The first-order chi connectivity index (χ1) is 9.99. The van der Waals surface area contributed by atoms with Crippen molar-refractivity contribution in [3.63, 3.8) is 0 Å². The number of nitrogens with zero attached hydrogens (tertiary/aromatic N) is 3. The van der Waals surface area contributed by atoms with Crippen molar-refractivity contribution in [1.29, 1.82) is 0 Å². The zero-order chi connectivity index (χ0) is 15.4. The molecule has 0 saturated heterocycles. The summed E-state index contributed by atoms with van der Waals surface area (Å²) in [5, 5.41) is 4.20. The Labute approximate surface area is 126 Å². The van der Waals surface area contributed by atoms with Crippen LogP contribution in [0.4, 0.5) is 0 Å². The van der Waals surface area contributed by atoms with Gasteiger partial charge in [-0.05, 0) is 31.7 Å². The lowest BCUT2D eigenvalue weighted by molar-refractivity contribution is 0.310. The van der Waals surface area contributed by atoms with Gasteiger partial charge in [-0.25, -0.2) is 0 Å². The lowest BCUT2D eigenvalue weighted by atomic mass is 10.0. The first kappa shape index (κ1) is 15.5. The van der Waals surface area contributed by atoms with Crippen LogP contribution < -0.4 is 10.5 Å². The predicted octanol–water partition coefficient (Wildman–Crippen LogP) is 2.08. The molecular formula is C16H24N4O. The predicted molar refractivity (Wildman–Crippen MR) is 84.0 cm³/mol. The van der Waals surface area contributed by atoms with Gasteiger partial charge in [-0.15, -0.1) is 0 Å². The van der Waals surface area contributed by atoms with Gasteiger partial charge in [0.05, 0.1) is 13.3 Å². The van der Waals surface area contributed by atoms with E-state index in [1.165, 1.54) is 5.56 Å². The molecule has 1 unspecified atom stereocenters. The molecule has 0 aliphatic carbocycles. The van der Waals surface area contributed by atoms with Crippen LogP contribution in [0.3, 0.4) is 0 Å². The molecule has 114 valence electrons. The molecule has 1 aromatic heterocycles. The van der Waals surface area contributed by atoms with Gasteiger partial charge in [-0.3, -0.25) is 9.58 Å². The van der Waals surface area contributed by atoms with Gasteiger partial charge < -0.3 is 10.5 Å². The number of hydrogen-bond acceptors (Lipinski definition) is 4. The van der Waals surface area contributed by atoms with Crippen LogP contribution in [0.15, 0.2) is 30.6 Å². The van der Waals surface area contributed by atoms with Crippen molar-refractivity contribution in [2.75, 3.05) is 14.2 Å². The van der Waals surface area contributed by atoms with Crippen molar-refractivity contribution >= 4 is 0 Å². The molecule has 2 N–H and O–H groups in total. The largest absolute Gasteiger partial charge is 0.496 e. The van der Waals surface area contributed by atoms with E-state index in [-0.39, 0.29) is 6.04 Å². The minimum absolute atomic E-state index is 0.0262. The summed E-state index contributed by atoms with van der Waals surface area (Å²) < 4.78 is 7.27. The minimum atomic E-state index is 0.0262. The molecule has 0 spiro atoms. The van der Waals surface area contributed by atoms with Gasteiger partial charge in [0, 0.05) is 43.5 Å². The van der Waals surface area contributed by atoms with Crippen LogP contribution in [0.2, 0.25) is 0 Å². The SMILES string of the molecule is COc1ccc(C(C)N)cc1CN(C)Cc1cnn(C)c1. The van der Waals surface area contributed by atoms with Crippen LogP contribution in [-0.2, 0) is 20.1 Å². The summed E-state index contributed by atoms with van der Waals surface area (Å²) in [5.74, 6) is 0.900. The number of nitrogens with two attached hydrogens (primary N) is 1. The molecule has 0 aliphatic heterocycles. The van der Waals surface area contributed by atoms with Gasteiger partial charge in [0.2, 0.25) is 0 Å². The second kappa shape index (κ2) is 6.74. The summed E-state index contributed by atoms with van der Waals surface area (Å²) in [4.78, 5) is 2.24. The van der Waals surface area contributed by atoms with E-state index in [2.05, 4.69) is 23.1 Å². The highest BCUT2D eigenvalue weighted by Crippen LogP contribution is 2.24. The van der Waals surface area contributed by atoms with Crippen LogP contribution in [-0.4, -0.2) is 28.8 Å². The number of aromatic nitrogens is 2. The summed E-state index contributed by atoms with van der Waals surface area (Å²) in [5.41, 5.74) is 9.44. The van der Waals surface area contributed by atoms with Crippen molar-refractivity contribution in [3.8, 4) is 5.75 Å². The van der Waals surface area contributed by atoms with Crippen molar-refractivity contribution in [3.05, 3.63) is 47.3 Å². The van der Waals surface area contributed by atoms with Gasteiger partial charge in [-0.1, -0.05) is 6.07 Å². The van der Waals surface area contributed by atoms with E-state index in [0.717, 1.165) is 30.0 Å². The molecule has 2 rings (SSSR count). The van der Waals surface area contributed by atoms with Crippen LogP contribution >= 0.6 is 0 Å². The highest BCUT2D eigenvalue weighted by Gasteiger charge is 2.10. The van der Waals surface area contributed by atoms with Crippen molar-refractivity contribution in [2.24, 2.45) is 12.8 Å². The number of rotatable bonds is 6. The molecule has 0 bridgehead atoms. The second-order valence-electron chi connectivity index (χ2n) is 5.55. The van der Waals surface area contributed by atoms with Crippen molar-refractivity contribution < 1.29 is 4.74 Å². The van der Waals surface area contributed by atoms with Crippen molar-refractivity contribution in [2.45, 2.75) is 26.1 Å². The lowest BCUT2D eigenvalue weighted by Gasteiger charge is -2.19. The Morgan fingerprint density at radius 2 is 2.14 bits per heavy atom. The third-order valence-corrected chi connectivity index (χ3v) is 3.48. The van der Waals surface area contributed by atoms with Crippen LogP contribution in [0, 0.1) is 0 Å². The van der Waals surface area contributed by atoms with Gasteiger partial charge >= 0.3 is 0 Å². The zero-order valence-electron chi connectivity index (χ0n) is 13.2. The Balaban J connectivity index is 2.11. The molecule has 0 amide bonds. The fraction of sp³-hybridized carbons (Fsp3) is 0.438. The highest BCUT2D eigenvalue weighted by molar-refractivity contribution is 5.38. The topological polar surface area (TPSA) is 56.3 Å². The smallest absolute Gasteiger partial charge is 0.123 e. The van der Waals surface area contributed by atoms with E-state index in [9.17, 15) is 0 Å². The summed E-state index contributed by atoms with van der Waals surface area (Å²) in [6.07, 6.45) is 3.93. The molecule has 0 aliphatic rings. The van der Waals surface area contributed by atoms with E-state index in [4.69, 9.17) is 10.5 Å². The fourth-order valence-electron chi connectivity index (χ4n) is 2.42. The zero-order valence-corrected chi connectivity index (χ0v) is 13.2. The van der Waals surface area contributed by atoms with Gasteiger partial charge in [0.25, 0.3) is 0 Å². The number of benzene rings is 1.